The number of benzene rings is 1. The van der Waals surface area contributed by atoms with Crippen LogP contribution in [0.1, 0.15) is 17.0 Å². The summed E-state index contributed by atoms with van der Waals surface area (Å²) in [7, 11) is 3.83. The molecule has 0 aliphatic heterocycles. The molecule has 0 spiro atoms. The van der Waals surface area contributed by atoms with Gasteiger partial charge in [-0.1, -0.05) is 36.4 Å². The molecular weight excluding hydrogens is 260 g/mol. The first kappa shape index (κ1) is 15.0. The molecule has 0 fully saturated rings. The van der Waals surface area contributed by atoms with E-state index in [1.807, 2.05) is 38.2 Å². The topological polar surface area (TPSA) is 40.5 Å². The van der Waals surface area contributed by atoms with E-state index >= 15 is 0 Å². The van der Waals surface area contributed by atoms with Crippen LogP contribution in [0.5, 0.6) is 0 Å². The van der Waals surface area contributed by atoms with E-state index in [1.54, 1.807) is 7.05 Å². The van der Waals surface area contributed by atoms with E-state index in [-0.39, 0.29) is 0 Å². The zero-order chi connectivity index (χ0) is 15.1. The van der Waals surface area contributed by atoms with E-state index in [0.29, 0.717) is 6.54 Å². The van der Waals surface area contributed by atoms with E-state index in [0.717, 1.165) is 23.9 Å². The number of guanidine groups is 1. The van der Waals surface area contributed by atoms with Gasteiger partial charge >= 0.3 is 0 Å². The highest BCUT2D eigenvalue weighted by atomic mass is 15.3. The zero-order valence-electron chi connectivity index (χ0n) is 12.9. The molecule has 1 aromatic carbocycles. The van der Waals surface area contributed by atoms with Crippen molar-refractivity contribution in [3.63, 3.8) is 0 Å². The summed E-state index contributed by atoms with van der Waals surface area (Å²) < 4.78 is 0. The largest absolute Gasteiger partial charge is 0.351 e. The third-order valence-corrected chi connectivity index (χ3v) is 3.21. The maximum atomic E-state index is 4.49. The summed E-state index contributed by atoms with van der Waals surface area (Å²) in [6.45, 7) is 3.50. The lowest BCUT2D eigenvalue weighted by Gasteiger charge is -2.22. The zero-order valence-corrected chi connectivity index (χ0v) is 12.9. The van der Waals surface area contributed by atoms with E-state index in [2.05, 4.69) is 44.5 Å². The quantitative estimate of drug-likeness (QED) is 0.692. The Morgan fingerprint density at radius 3 is 2.57 bits per heavy atom. The summed E-state index contributed by atoms with van der Waals surface area (Å²) in [4.78, 5) is 10.9. The molecule has 2 rings (SSSR count). The third kappa shape index (κ3) is 4.60. The maximum absolute atomic E-state index is 4.49. The van der Waals surface area contributed by atoms with E-state index < -0.39 is 0 Å². The minimum absolute atomic E-state index is 0.674. The van der Waals surface area contributed by atoms with Crippen LogP contribution < -0.4 is 5.32 Å². The average molecular weight is 282 g/mol. The molecule has 0 saturated carbocycles. The predicted molar refractivity (Wildman–Crippen MR) is 87.1 cm³/mol. The van der Waals surface area contributed by atoms with Gasteiger partial charge in [0.2, 0.25) is 0 Å². The first-order valence-corrected chi connectivity index (χ1v) is 7.07. The third-order valence-electron chi connectivity index (χ3n) is 3.21. The molecule has 2 aromatic rings. The fraction of sp³-hybridized carbons (Fsp3) is 0.294. The van der Waals surface area contributed by atoms with Gasteiger partial charge in [0.25, 0.3) is 0 Å². The Morgan fingerprint density at radius 1 is 1.14 bits per heavy atom. The number of nitrogens with zero attached hydrogens (tertiary/aromatic N) is 3. The molecule has 1 aromatic heterocycles. The number of hydrogen-bond acceptors (Lipinski definition) is 2. The summed E-state index contributed by atoms with van der Waals surface area (Å²) in [6, 6.07) is 16.4. The fourth-order valence-corrected chi connectivity index (χ4v) is 2.18. The lowest BCUT2D eigenvalue weighted by molar-refractivity contribution is 0.476. The molecule has 0 aliphatic rings. The van der Waals surface area contributed by atoms with Gasteiger partial charge in [0.05, 0.1) is 12.2 Å². The van der Waals surface area contributed by atoms with Crippen molar-refractivity contribution in [2.75, 3.05) is 14.1 Å². The van der Waals surface area contributed by atoms with Crippen molar-refractivity contribution in [3.05, 3.63) is 65.5 Å². The van der Waals surface area contributed by atoms with Crippen LogP contribution in [-0.4, -0.2) is 29.9 Å². The Bertz CT molecular complexity index is 593. The lowest BCUT2D eigenvalue weighted by atomic mass is 10.2. The second-order valence-electron chi connectivity index (χ2n) is 5.01. The van der Waals surface area contributed by atoms with Crippen molar-refractivity contribution in [2.45, 2.75) is 20.0 Å². The molecular formula is C17H22N4. The van der Waals surface area contributed by atoms with Crippen molar-refractivity contribution >= 4 is 5.96 Å². The summed E-state index contributed by atoms with van der Waals surface area (Å²) in [6.07, 6.45) is 0. The highest BCUT2D eigenvalue weighted by molar-refractivity contribution is 5.79. The van der Waals surface area contributed by atoms with Crippen molar-refractivity contribution in [1.82, 2.24) is 15.2 Å². The molecule has 0 unspecified atom stereocenters. The molecule has 110 valence electrons. The lowest BCUT2D eigenvalue weighted by Crippen LogP contribution is -2.38. The van der Waals surface area contributed by atoms with Gasteiger partial charge in [-0.2, -0.15) is 0 Å². The maximum Gasteiger partial charge on any atom is 0.194 e. The Balaban J connectivity index is 1.94. The molecule has 21 heavy (non-hydrogen) atoms. The van der Waals surface area contributed by atoms with Crippen LogP contribution in [-0.2, 0) is 13.1 Å². The average Bonchev–Trinajstić information content (AvgIpc) is 2.49. The van der Waals surface area contributed by atoms with Crippen molar-refractivity contribution in [1.29, 1.82) is 0 Å². The molecule has 0 amide bonds. The standard InChI is InChI=1S/C17H22N4/c1-14-8-7-11-16(20-14)12-19-17(18-2)21(3)13-15-9-5-4-6-10-15/h4-11H,12-13H2,1-3H3,(H,18,19). The van der Waals surface area contributed by atoms with Crippen LogP contribution in [0.3, 0.4) is 0 Å². The van der Waals surface area contributed by atoms with Gasteiger partial charge in [-0.15, -0.1) is 0 Å². The predicted octanol–water partition coefficient (Wildman–Crippen LogP) is 2.60. The van der Waals surface area contributed by atoms with E-state index in [9.17, 15) is 0 Å². The number of aliphatic imine (C=N–C) groups is 1. The molecule has 1 N–H and O–H groups in total. The number of rotatable bonds is 4. The molecule has 0 aliphatic carbocycles. The smallest absolute Gasteiger partial charge is 0.194 e. The Hall–Kier alpha value is -2.36. The fourth-order valence-electron chi connectivity index (χ4n) is 2.18. The summed E-state index contributed by atoms with van der Waals surface area (Å²) in [5.41, 5.74) is 3.31. The van der Waals surface area contributed by atoms with Crippen LogP contribution >= 0.6 is 0 Å². The van der Waals surface area contributed by atoms with Gasteiger partial charge < -0.3 is 10.2 Å². The van der Waals surface area contributed by atoms with Crippen LogP contribution in [0, 0.1) is 6.92 Å². The van der Waals surface area contributed by atoms with Crippen LogP contribution in [0.4, 0.5) is 0 Å². The first-order valence-electron chi connectivity index (χ1n) is 7.07. The second kappa shape index (κ2) is 7.43. The summed E-state index contributed by atoms with van der Waals surface area (Å²) in [5, 5.41) is 3.35. The number of aryl methyl sites for hydroxylation is 1. The Labute approximate surface area is 126 Å². The van der Waals surface area contributed by atoms with Crippen LogP contribution in [0.25, 0.3) is 0 Å². The minimum atomic E-state index is 0.674. The van der Waals surface area contributed by atoms with Gasteiger partial charge in [0.15, 0.2) is 5.96 Å². The molecule has 0 radical (unpaired) electrons. The number of pyridine rings is 1. The highest BCUT2D eigenvalue weighted by Crippen LogP contribution is 2.03. The van der Waals surface area contributed by atoms with E-state index in [4.69, 9.17) is 0 Å². The number of hydrogen-bond donors (Lipinski definition) is 1. The SMILES string of the molecule is CN=C(NCc1cccc(C)n1)N(C)Cc1ccccc1. The second-order valence-corrected chi connectivity index (χ2v) is 5.01. The van der Waals surface area contributed by atoms with Crippen molar-refractivity contribution in [3.8, 4) is 0 Å². The normalized spacial score (nSPS) is 11.3. The Kier molecular flexibility index (Phi) is 5.32. The van der Waals surface area contributed by atoms with Crippen molar-refractivity contribution < 1.29 is 0 Å². The van der Waals surface area contributed by atoms with Gasteiger partial charge in [0, 0.05) is 26.3 Å². The minimum Gasteiger partial charge on any atom is -0.351 e. The van der Waals surface area contributed by atoms with Gasteiger partial charge in [-0.25, -0.2) is 0 Å². The first-order chi connectivity index (χ1) is 10.2. The summed E-state index contributed by atoms with van der Waals surface area (Å²) >= 11 is 0. The molecule has 4 nitrogen and oxygen atoms in total. The molecule has 0 saturated heterocycles. The monoisotopic (exact) mass is 282 g/mol. The van der Waals surface area contributed by atoms with Crippen LogP contribution in [0.2, 0.25) is 0 Å². The molecule has 0 atom stereocenters. The molecule has 4 heteroatoms. The van der Waals surface area contributed by atoms with Crippen molar-refractivity contribution in [2.24, 2.45) is 4.99 Å². The van der Waals surface area contributed by atoms with Gasteiger partial charge in [-0.3, -0.25) is 9.98 Å². The van der Waals surface area contributed by atoms with Gasteiger partial charge in [-0.05, 0) is 24.6 Å². The number of aromatic nitrogens is 1. The summed E-state index contributed by atoms with van der Waals surface area (Å²) in [5.74, 6) is 0.863. The number of nitrogens with one attached hydrogen (secondary N) is 1. The van der Waals surface area contributed by atoms with Gasteiger partial charge in [0.1, 0.15) is 0 Å². The Morgan fingerprint density at radius 2 is 1.90 bits per heavy atom. The highest BCUT2D eigenvalue weighted by Gasteiger charge is 2.06. The van der Waals surface area contributed by atoms with Crippen LogP contribution in [0.15, 0.2) is 53.5 Å². The van der Waals surface area contributed by atoms with E-state index in [1.165, 1.54) is 5.56 Å². The molecule has 0 bridgehead atoms. The molecule has 1 heterocycles.